The molecule has 0 aliphatic heterocycles. The first kappa shape index (κ1) is 39.0. The molecule has 0 atom stereocenters. The van der Waals surface area contributed by atoms with E-state index in [0.29, 0.717) is 0 Å². The number of nitrogens with zero attached hydrogens (tertiary/aromatic N) is 1. The quantitative estimate of drug-likeness (QED) is 0.0552. The van der Waals surface area contributed by atoms with Crippen LogP contribution in [0.15, 0.2) is 0 Å². The summed E-state index contributed by atoms with van der Waals surface area (Å²) in [5.74, 6) is 0. The van der Waals surface area contributed by atoms with Gasteiger partial charge in [0, 0.05) is 0 Å². The molecule has 0 spiro atoms. The molecule has 0 unspecified atom stereocenters. The molecule has 0 heterocycles. The van der Waals surface area contributed by atoms with Crippen LogP contribution in [0, 0.1) is 0 Å². The Balaban J connectivity index is 3.04. The second-order valence-electron chi connectivity index (χ2n) is 14.3. The van der Waals surface area contributed by atoms with E-state index in [4.69, 9.17) is 0 Å². The first-order valence-electron chi connectivity index (χ1n) is 18.9. The van der Waals surface area contributed by atoms with Gasteiger partial charge < -0.3 is 4.48 Å². The number of rotatable bonds is 34. The van der Waals surface area contributed by atoms with Gasteiger partial charge in [-0.2, -0.15) is 0 Å². The third-order valence-corrected chi connectivity index (χ3v) is 8.93. The van der Waals surface area contributed by atoms with Gasteiger partial charge in [0.05, 0.1) is 27.7 Å². The highest BCUT2D eigenvalue weighted by Gasteiger charge is 2.05. The van der Waals surface area contributed by atoms with Gasteiger partial charge >= 0.3 is 0 Å². The minimum Gasteiger partial charge on any atom is -0.331 e. The molecule has 0 fully saturated rings. The van der Waals surface area contributed by atoms with E-state index in [1.54, 1.807) is 0 Å². The molecule has 1 heteroatoms. The average molecular weight is 551 g/mol. The van der Waals surface area contributed by atoms with E-state index in [1.165, 1.54) is 218 Å². The maximum absolute atomic E-state index is 2.31. The highest BCUT2D eigenvalue weighted by atomic mass is 15.3. The van der Waals surface area contributed by atoms with Crippen LogP contribution in [0.3, 0.4) is 0 Å². The Hall–Kier alpha value is -0.0400. The minimum absolute atomic E-state index is 1.12. The van der Waals surface area contributed by atoms with Crippen LogP contribution in [0.1, 0.15) is 219 Å². The van der Waals surface area contributed by atoms with Crippen LogP contribution >= 0.6 is 0 Å². The Morgan fingerprint density at radius 2 is 0.385 bits per heavy atom. The van der Waals surface area contributed by atoms with E-state index in [-0.39, 0.29) is 0 Å². The Morgan fingerprint density at radius 1 is 0.231 bits per heavy atom. The van der Waals surface area contributed by atoms with Crippen molar-refractivity contribution in [3.8, 4) is 0 Å². The van der Waals surface area contributed by atoms with Gasteiger partial charge in [-0.25, -0.2) is 0 Å². The van der Waals surface area contributed by atoms with Crippen LogP contribution in [0.4, 0.5) is 0 Å². The van der Waals surface area contributed by atoms with E-state index < -0.39 is 0 Å². The zero-order valence-corrected chi connectivity index (χ0v) is 28.5. The minimum atomic E-state index is 1.12. The van der Waals surface area contributed by atoms with Crippen molar-refractivity contribution in [2.75, 3.05) is 27.7 Å². The fourth-order valence-electron chi connectivity index (χ4n) is 6.14. The maximum Gasteiger partial charge on any atom is 0.0780 e. The lowest BCUT2D eigenvalue weighted by molar-refractivity contribution is -0.870. The van der Waals surface area contributed by atoms with E-state index in [9.17, 15) is 0 Å². The molecule has 0 aliphatic carbocycles. The van der Waals surface area contributed by atoms with Gasteiger partial charge in [-0.05, 0) is 12.8 Å². The summed E-state index contributed by atoms with van der Waals surface area (Å²) in [5, 5.41) is 0. The largest absolute Gasteiger partial charge is 0.331 e. The van der Waals surface area contributed by atoms with Crippen LogP contribution < -0.4 is 0 Å². The summed E-state index contributed by atoms with van der Waals surface area (Å²) in [7, 11) is 6.93. The van der Waals surface area contributed by atoms with E-state index in [1.807, 2.05) is 0 Å². The summed E-state index contributed by atoms with van der Waals surface area (Å²) in [6.45, 7) is 3.64. The monoisotopic (exact) mass is 551 g/mol. The Kier molecular flexibility index (Phi) is 32.4. The summed E-state index contributed by atoms with van der Waals surface area (Å²) < 4.78 is 1.12. The Labute approximate surface area is 250 Å². The molecule has 0 saturated heterocycles. The first-order chi connectivity index (χ1) is 19.1. The number of quaternary nitrogens is 1. The van der Waals surface area contributed by atoms with Gasteiger partial charge in [0.25, 0.3) is 0 Å². The molecule has 0 amide bonds. The first-order valence-corrected chi connectivity index (χ1v) is 18.9. The summed E-state index contributed by atoms with van der Waals surface area (Å²) >= 11 is 0. The van der Waals surface area contributed by atoms with Crippen LogP contribution in [0.2, 0.25) is 0 Å². The lowest BCUT2D eigenvalue weighted by atomic mass is 10.0. The third kappa shape index (κ3) is 38.0. The summed E-state index contributed by atoms with van der Waals surface area (Å²) in [5.41, 5.74) is 0. The summed E-state index contributed by atoms with van der Waals surface area (Å²) in [6.07, 6.45) is 48.8. The van der Waals surface area contributed by atoms with Crippen molar-refractivity contribution in [3.63, 3.8) is 0 Å². The molecule has 0 aromatic rings. The molecule has 0 N–H and O–H groups in total. The second kappa shape index (κ2) is 32.5. The Bertz CT molecular complexity index is 423. The molecule has 0 saturated carbocycles. The van der Waals surface area contributed by atoms with Gasteiger partial charge in [0.15, 0.2) is 0 Å². The van der Waals surface area contributed by atoms with Crippen molar-refractivity contribution in [1.82, 2.24) is 0 Å². The van der Waals surface area contributed by atoms with Crippen molar-refractivity contribution in [2.45, 2.75) is 219 Å². The predicted octanol–water partition coefficient (Wildman–Crippen LogP) is 13.6. The fourth-order valence-corrected chi connectivity index (χ4v) is 6.14. The lowest BCUT2D eigenvalue weighted by Gasteiger charge is -2.23. The zero-order valence-electron chi connectivity index (χ0n) is 28.5. The Morgan fingerprint density at radius 3 is 0.538 bits per heavy atom. The standard InChI is InChI=1S/C38H80N/c1-5-6-7-8-9-10-11-12-13-14-15-16-17-18-19-20-21-22-23-24-25-26-27-28-29-30-31-32-33-34-35-36-37-38-39(2,3)4/h5-38H2,1-4H3/q+1. The second-order valence-corrected chi connectivity index (χ2v) is 14.3. The van der Waals surface area contributed by atoms with Crippen LogP contribution in [0.5, 0.6) is 0 Å². The van der Waals surface area contributed by atoms with Gasteiger partial charge in [-0.15, -0.1) is 0 Å². The summed E-state index contributed by atoms with van der Waals surface area (Å²) in [4.78, 5) is 0. The van der Waals surface area contributed by atoms with E-state index in [2.05, 4.69) is 28.1 Å². The molecule has 0 rings (SSSR count). The highest BCUT2D eigenvalue weighted by molar-refractivity contribution is 4.53. The maximum atomic E-state index is 2.31. The van der Waals surface area contributed by atoms with Crippen molar-refractivity contribution < 1.29 is 4.48 Å². The zero-order chi connectivity index (χ0) is 28.5. The van der Waals surface area contributed by atoms with Gasteiger partial charge in [-0.1, -0.05) is 206 Å². The normalized spacial score (nSPS) is 12.0. The van der Waals surface area contributed by atoms with Crippen molar-refractivity contribution in [3.05, 3.63) is 0 Å². The van der Waals surface area contributed by atoms with Gasteiger partial charge in [-0.3, -0.25) is 0 Å². The molecule has 0 bridgehead atoms. The lowest BCUT2D eigenvalue weighted by Crippen LogP contribution is -2.35. The molecule has 0 aliphatic rings. The number of hydrogen-bond acceptors (Lipinski definition) is 0. The molecule has 0 radical (unpaired) electrons. The molecule has 0 aromatic heterocycles. The average Bonchev–Trinajstić information content (AvgIpc) is 2.90. The van der Waals surface area contributed by atoms with Crippen molar-refractivity contribution in [1.29, 1.82) is 0 Å². The molecule has 0 aromatic carbocycles. The topological polar surface area (TPSA) is 0 Å². The van der Waals surface area contributed by atoms with Gasteiger partial charge in [0.2, 0.25) is 0 Å². The fraction of sp³-hybridized carbons (Fsp3) is 1.00. The molecule has 236 valence electrons. The number of hydrogen-bond donors (Lipinski definition) is 0. The third-order valence-electron chi connectivity index (χ3n) is 8.93. The SMILES string of the molecule is CCCCCCCCCCCCCCCCCCCCCCCCCCCCCCCCCCC[N+](C)(C)C. The molecular formula is C38H80N+. The van der Waals surface area contributed by atoms with Crippen molar-refractivity contribution in [2.24, 2.45) is 0 Å². The summed E-state index contributed by atoms with van der Waals surface area (Å²) in [6, 6.07) is 0. The predicted molar refractivity (Wildman–Crippen MR) is 181 cm³/mol. The molecule has 1 nitrogen and oxygen atoms in total. The van der Waals surface area contributed by atoms with Crippen molar-refractivity contribution >= 4 is 0 Å². The van der Waals surface area contributed by atoms with E-state index in [0.717, 1.165) is 4.48 Å². The smallest absolute Gasteiger partial charge is 0.0780 e. The van der Waals surface area contributed by atoms with Gasteiger partial charge in [0.1, 0.15) is 0 Å². The van der Waals surface area contributed by atoms with Crippen LogP contribution in [0.25, 0.3) is 0 Å². The number of unbranched alkanes of at least 4 members (excludes halogenated alkanes) is 32. The molecular weight excluding hydrogens is 470 g/mol. The van der Waals surface area contributed by atoms with E-state index >= 15 is 0 Å². The van der Waals surface area contributed by atoms with Crippen LogP contribution in [-0.4, -0.2) is 32.2 Å². The van der Waals surface area contributed by atoms with Crippen LogP contribution in [-0.2, 0) is 0 Å². The molecule has 39 heavy (non-hydrogen) atoms. The highest BCUT2D eigenvalue weighted by Crippen LogP contribution is 2.17.